The molecule has 2 aromatic rings. The van der Waals surface area contributed by atoms with Gasteiger partial charge in [0.25, 0.3) is 11.4 Å². The maximum atomic E-state index is 12.6. The Kier molecular flexibility index (Phi) is 9.24. The summed E-state index contributed by atoms with van der Waals surface area (Å²) in [5.74, 6) is -0.339. The fourth-order valence-electron chi connectivity index (χ4n) is 2.13. The van der Waals surface area contributed by atoms with Crippen molar-refractivity contribution in [2.24, 2.45) is 0 Å². The van der Waals surface area contributed by atoms with Gasteiger partial charge in [-0.25, -0.2) is 9.52 Å². The van der Waals surface area contributed by atoms with Gasteiger partial charge in [-0.15, -0.1) is 11.8 Å². The van der Waals surface area contributed by atoms with E-state index in [9.17, 15) is 29.8 Å². The van der Waals surface area contributed by atoms with Crippen molar-refractivity contribution in [1.29, 1.82) is 0 Å². The van der Waals surface area contributed by atoms with E-state index in [1.54, 1.807) is 12.1 Å². The van der Waals surface area contributed by atoms with Crippen LogP contribution >= 0.6 is 23.7 Å². The second-order valence-corrected chi connectivity index (χ2v) is 7.83. The van der Waals surface area contributed by atoms with Crippen LogP contribution in [-0.4, -0.2) is 39.4 Å². The smallest absolute Gasteiger partial charge is 0.330 e. The number of nitro benzene ring substituents is 2. The molecule has 0 saturated carbocycles. The van der Waals surface area contributed by atoms with E-state index in [1.165, 1.54) is 55.1 Å². The Bertz CT molecular complexity index is 956. The first-order valence-electron chi connectivity index (χ1n) is 8.72. The highest BCUT2D eigenvalue weighted by Crippen LogP contribution is 2.27. The number of nitrogens with one attached hydrogen (secondary N) is 2. The number of benzene rings is 2. The number of amides is 1. The molecule has 0 aliphatic carbocycles. The standard InChI is InChI=1S/C18H18N4O7S2/c1-12(23)19-11-30-10-15(20-31-17-5-3-2-4-16(17)22(27)28)18(24)29-14-8-6-13(7-9-14)21(25)26/h2-9,15,20H,10-11H2,1H3,(H,19,23)/t15-/m0/s1. The quantitative estimate of drug-likeness (QED) is 0.0961. The van der Waals surface area contributed by atoms with Crippen molar-refractivity contribution in [3.8, 4) is 5.75 Å². The van der Waals surface area contributed by atoms with Crippen LogP contribution in [0.5, 0.6) is 5.75 Å². The molecule has 2 rings (SSSR count). The largest absolute Gasteiger partial charge is 0.425 e. The average molecular weight is 466 g/mol. The molecule has 13 heteroatoms. The van der Waals surface area contributed by atoms with Gasteiger partial charge in [0.1, 0.15) is 16.7 Å². The van der Waals surface area contributed by atoms with E-state index in [4.69, 9.17) is 4.74 Å². The predicted molar refractivity (Wildman–Crippen MR) is 116 cm³/mol. The van der Waals surface area contributed by atoms with Crippen molar-refractivity contribution in [1.82, 2.24) is 10.0 Å². The Morgan fingerprint density at radius 3 is 2.35 bits per heavy atom. The number of para-hydroxylation sites is 1. The summed E-state index contributed by atoms with van der Waals surface area (Å²) < 4.78 is 8.15. The molecule has 0 unspecified atom stereocenters. The van der Waals surface area contributed by atoms with Crippen molar-refractivity contribution < 1.29 is 24.2 Å². The summed E-state index contributed by atoms with van der Waals surface area (Å²) in [6, 6.07) is 10.2. The summed E-state index contributed by atoms with van der Waals surface area (Å²) in [4.78, 5) is 44.8. The van der Waals surface area contributed by atoms with E-state index in [0.717, 1.165) is 11.9 Å². The molecule has 1 amide bonds. The summed E-state index contributed by atoms with van der Waals surface area (Å²) in [7, 11) is 0. The molecule has 1 atom stereocenters. The molecule has 0 heterocycles. The zero-order valence-corrected chi connectivity index (χ0v) is 17.8. The summed E-state index contributed by atoms with van der Waals surface area (Å²) in [6.45, 7) is 1.36. The van der Waals surface area contributed by atoms with Crippen molar-refractivity contribution in [2.45, 2.75) is 17.9 Å². The molecular weight excluding hydrogens is 448 g/mol. The van der Waals surface area contributed by atoms with Gasteiger partial charge in [-0.1, -0.05) is 12.1 Å². The van der Waals surface area contributed by atoms with Crippen molar-refractivity contribution in [2.75, 3.05) is 11.6 Å². The molecule has 11 nitrogen and oxygen atoms in total. The second kappa shape index (κ2) is 11.9. The molecule has 0 saturated heterocycles. The Morgan fingerprint density at radius 2 is 1.74 bits per heavy atom. The molecule has 0 fully saturated rings. The zero-order valence-electron chi connectivity index (χ0n) is 16.2. The molecule has 164 valence electrons. The van der Waals surface area contributed by atoms with Crippen LogP contribution in [0, 0.1) is 20.2 Å². The summed E-state index contributed by atoms with van der Waals surface area (Å²) >= 11 is 2.16. The predicted octanol–water partition coefficient (Wildman–Crippen LogP) is 2.90. The Hall–Kier alpha value is -3.16. The molecule has 0 spiro atoms. The third-order valence-electron chi connectivity index (χ3n) is 3.63. The second-order valence-electron chi connectivity index (χ2n) is 5.92. The molecule has 2 N–H and O–H groups in total. The number of rotatable bonds is 11. The van der Waals surface area contributed by atoms with Gasteiger partial charge in [0.2, 0.25) is 5.91 Å². The zero-order chi connectivity index (χ0) is 22.8. The lowest BCUT2D eigenvalue weighted by Crippen LogP contribution is -2.38. The number of esters is 1. The molecule has 2 aromatic carbocycles. The molecule has 31 heavy (non-hydrogen) atoms. The summed E-state index contributed by atoms with van der Waals surface area (Å²) in [5, 5.41) is 24.5. The molecule has 0 bridgehead atoms. The average Bonchev–Trinajstić information content (AvgIpc) is 2.73. The van der Waals surface area contributed by atoms with E-state index in [2.05, 4.69) is 10.0 Å². The van der Waals surface area contributed by atoms with Gasteiger partial charge in [0.15, 0.2) is 0 Å². The lowest BCUT2D eigenvalue weighted by Gasteiger charge is -2.17. The summed E-state index contributed by atoms with van der Waals surface area (Å²) in [5.41, 5.74) is -0.263. The molecular formula is C18H18N4O7S2. The summed E-state index contributed by atoms with van der Waals surface area (Å²) in [6.07, 6.45) is 0. The highest BCUT2D eigenvalue weighted by atomic mass is 32.2. The van der Waals surface area contributed by atoms with Crippen molar-refractivity contribution in [3.63, 3.8) is 0 Å². The Morgan fingerprint density at radius 1 is 1.06 bits per heavy atom. The SMILES string of the molecule is CC(=O)NCSC[C@H](NSc1ccccc1[N+](=O)[O-])C(=O)Oc1ccc([N+](=O)[O-])cc1. The van der Waals surface area contributed by atoms with Crippen LogP contribution < -0.4 is 14.8 Å². The van der Waals surface area contributed by atoms with Crippen molar-refractivity contribution >= 4 is 47.0 Å². The number of hydrogen-bond acceptors (Lipinski definition) is 10. The van der Waals surface area contributed by atoms with E-state index < -0.39 is 21.9 Å². The Balaban J connectivity index is 2.07. The van der Waals surface area contributed by atoms with Gasteiger partial charge in [-0.2, -0.15) is 0 Å². The topological polar surface area (TPSA) is 154 Å². The lowest BCUT2D eigenvalue weighted by molar-refractivity contribution is -0.387. The Labute approximate surface area is 185 Å². The normalized spacial score (nSPS) is 11.4. The van der Waals surface area contributed by atoms with Crippen LogP contribution in [0.4, 0.5) is 11.4 Å². The van der Waals surface area contributed by atoms with Crippen LogP contribution in [0.2, 0.25) is 0 Å². The fourth-order valence-corrected chi connectivity index (χ4v) is 3.96. The van der Waals surface area contributed by atoms with Crippen LogP contribution in [0.15, 0.2) is 53.4 Å². The monoisotopic (exact) mass is 466 g/mol. The molecule has 0 aliphatic rings. The number of carbonyl (C=O) groups excluding carboxylic acids is 2. The van der Waals surface area contributed by atoms with Gasteiger partial charge >= 0.3 is 5.97 Å². The van der Waals surface area contributed by atoms with Crippen molar-refractivity contribution in [3.05, 3.63) is 68.8 Å². The number of carbonyl (C=O) groups is 2. The first kappa shape index (κ1) is 24.1. The van der Waals surface area contributed by atoms with Crippen LogP contribution in [0.25, 0.3) is 0 Å². The fraction of sp³-hybridized carbons (Fsp3) is 0.222. The van der Waals surface area contributed by atoms with Gasteiger partial charge < -0.3 is 10.1 Å². The van der Waals surface area contributed by atoms with Gasteiger partial charge in [-0.3, -0.25) is 25.0 Å². The van der Waals surface area contributed by atoms with Gasteiger partial charge in [0, 0.05) is 30.9 Å². The molecule has 0 aromatic heterocycles. The first-order valence-corrected chi connectivity index (χ1v) is 10.7. The number of nitrogens with zero attached hydrogens (tertiary/aromatic N) is 2. The van der Waals surface area contributed by atoms with Crippen LogP contribution in [-0.2, 0) is 9.59 Å². The van der Waals surface area contributed by atoms with E-state index in [0.29, 0.717) is 4.90 Å². The van der Waals surface area contributed by atoms with E-state index >= 15 is 0 Å². The van der Waals surface area contributed by atoms with Crippen LogP contribution in [0.3, 0.4) is 0 Å². The number of ether oxygens (including phenoxy) is 1. The number of non-ortho nitro benzene ring substituents is 1. The number of nitro groups is 2. The van der Waals surface area contributed by atoms with Gasteiger partial charge in [-0.05, 0) is 30.1 Å². The van der Waals surface area contributed by atoms with E-state index in [1.807, 2.05) is 0 Å². The number of hydrogen-bond donors (Lipinski definition) is 2. The maximum Gasteiger partial charge on any atom is 0.330 e. The van der Waals surface area contributed by atoms with Crippen LogP contribution in [0.1, 0.15) is 6.92 Å². The number of thioether (sulfide) groups is 1. The molecule has 0 radical (unpaired) electrons. The lowest BCUT2D eigenvalue weighted by atomic mass is 10.3. The first-order chi connectivity index (χ1) is 14.8. The van der Waals surface area contributed by atoms with Gasteiger partial charge in [0.05, 0.1) is 15.7 Å². The third kappa shape index (κ3) is 7.88. The molecule has 0 aliphatic heterocycles. The van der Waals surface area contributed by atoms with E-state index in [-0.39, 0.29) is 34.7 Å². The maximum absolute atomic E-state index is 12.6. The highest BCUT2D eigenvalue weighted by molar-refractivity contribution is 7.99. The minimum Gasteiger partial charge on any atom is -0.425 e. The minimum atomic E-state index is -0.890. The highest BCUT2D eigenvalue weighted by Gasteiger charge is 2.23. The third-order valence-corrected chi connectivity index (χ3v) is 5.52. The minimum absolute atomic E-state index is 0.116.